The van der Waals surface area contributed by atoms with Crippen LogP contribution in [0.4, 0.5) is 0 Å². The van der Waals surface area contributed by atoms with Crippen LogP contribution in [0.3, 0.4) is 0 Å². The van der Waals surface area contributed by atoms with E-state index in [1.807, 2.05) is 12.1 Å². The number of aromatic hydroxyl groups is 4. The SMILES string of the molecule is CC[C@H](c1ccc(O)c(O)c1)[C@H](CC)c1ccc(O)c(O)c1. The zero-order chi connectivity index (χ0) is 16.3. The van der Waals surface area contributed by atoms with E-state index in [2.05, 4.69) is 13.8 Å². The fourth-order valence-corrected chi connectivity index (χ4v) is 3.05. The summed E-state index contributed by atoms with van der Waals surface area (Å²) in [4.78, 5) is 0. The number of hydrogen-bond donors (Lipinski definition) is 4. The minimum absolute atomic E-state index is 0.126. The zero-order valence-corrected chi connectivity index (χ0v) is 12.8. The van der Waals surface area contributed by atoms with Crippen LogP contribution in [0, 0.1) is 0 Å². The van der Waals surface area contributed by atoms with Crippen molar-refractivity contribution in [3.05, 3.63) is 47.5 Å². The molecular formula is C18H22O4. The molecule has 4 heteroatoms. The van der Waals surface area contributed by atoms with E-state index in [-0.39, 0.29) is 34.8 Å². The quantitative estimate of drug-likeness (QED) is 0.624. The second kappa shape index (κ2) is 6.60. The maximum Gasteiger partial charge on any atom is 0.157 e. The number of benzene rings is 2. The van der Waals surface area contributed by atoms with Gasteiger partial charge in [0, 0.05) is 0 Å². The van der Waals surface area contributed by atoms with Crippen LogP contribution in [0.5, 0.6) is 23.0 Å². The Labute approximate surface area is 130 Å². The highest BCUT2D eigenvalue weighted by atomic mass is 16.3. The molecule has 118 valence electrons. The summed E-state index contributed by atoms with van der Waals surface area (Å²) in [7, 11) is 0. The predicted molar refractivity (Wildman–Crippen MR) is 85.6 cm³/mol. The molecule has 2 aromatic carbocycles. The van der Waals surface area contributed by atoms with Gasteiger partial charge in [-0.3, -0.25) is 0 Å². The third-order valence-electron chi connectivity index (χ3n) is 4.22. The minimum atomic E-state index is -0.131. The van der Waals surface area contributed by atoms with E-state index < -0.39 is 0 Å². The third kappa shape index (κ3) is 3.11. The first-order valence-corrected chi connectivity index (χ1v) is 7.51. The number of rotatable bonds is 5. The minimum Gasteiger partial charge on any atom is -0.504 e. The molecule has 0 radical (unpaired) electrons. The fourth-order valence-electron chi connectivity index (χ4n) is 3.05. The highest BCUT2D eigenvalue weighted by Gasteiger charge is 2.23. The molecule has 2 rings (SSSR count). The lowest BCUT2D eigenvalue weighted by Gasteiger charge is -2.26. The summed E-state index contributed by atoms with van der Waals surface area (Å²) < 4.78 is 0. The van der Waals surface area contributed by atoms with Crippen LogP contribution in [0.1, 0.15) is 49.7 Å². The lowest BCUT2D eigenvalue weighted by atomic mass is 9.78. The second-order valence-electron chi connectivity index (χ2n) is 5.53. The van der Waals surface area contributed by atoms with Gasteiger partial charge >= 0.3 is 0 Å². The third-order valence-corrected chi connectivity index (χ3v) is 4.22. The summed E-state index contributed by atoms with van der Waals surface area (Å²) in [5, 5.41) is 38.4. The zero-order valence-electron chi connectivity index (χ0n) is 12.8. The Hall–Kier alpha value is -2.36. The Bertz CT molecular complexity index is 594. The van der Waals surface area contributed by atoms with E-state index >= 15 is 0 Å². The molecule has 4 N–H and O–H groups in total. The maximum atomic E-state index is 9.73. The Balaban J connectivity index is 2.41. The average molecular weight is 302 g/mol. The van der Waals surface area contributed by atoms with Gasteiger partial charge in [-0.15, -0.1) is 0 Å². The lowest BCUT2D eigenvalue weighted by Crippen LogP contribution is -2.10. The van der Waals surface area contributed by atoms with Crippen LogP contribution < -0.4 is 0 Å². The van der Waals surface area contributed by atoms with E-state index in [1.165, 1.54) is 12.1 Å². The van der Waals surface area contributed by atoms with Crippen molar-refractivity contribution in [3.63, 3.8) is 0 Å². The van der Waals surface area contributed by atoms with E-state index in [0.29, 0.717) is 0 Å². The fraction of sp³-hybridized carbons (Fsp3) is 0.333. The average Bonchev–Trinajstić information content (AvgIpc) is 2.50. The van der Waals surface area contributed by atoms with Crippen molar-refractivity contribution in [1.82, 2.24) is 0 Å². The lowest BCUT2D eigenvalue weighted by molar-refractivity contribution is 0.399. The highest BCUT2D eigenvalue weighted by Crippen LogP contribution is 2.42. The monoisotopic (exact) mass is 302 g/mol. The molecule has 22 heavy (non-hydrogen) atoms. The molecule has 4 nitrogen and oxygen atoms in total. The number of phenols is 4. The molecule has 0 spiro atoms. The molecular weight excluding hydrogens is 280 g/mol. The van der Waals surface area contributed by atoms with Gasteiger partial charge in [0.2, 0.25) is 0 Å². The molecule has 2 atom stereocenters. The van der Waals surface area contributed by atoms with Gasteiger partial charge in [-0.05, 0) is 60.1 Å². The topological polar surface area (TPSA) is 80.9 Å². The molecule has 0 unspecified atom stereocenters. The van der Waals surface area contributed by atoms with Crippen LogP contribution >= 0.6 is 0 Å². The molecule has 0 fully saturated rings. The molecule has 2 aromatic rings. The first-order valence-electron chi connectivity index (χ1n) is 7.51. The molecule has 0 saturated carbocycles. The van der Waals surface area contributed by atoms with Crippen LogP contribution in [0.2, 0.25) is 0 Å². The van der Waals surface area contributed by atoms with E-state index in [4.69, 9.17) is 0 Å². The number of phenolic OH excluding ortho intramolecular Hbond substituents is 4. The Morgan fingerprint density at radius 2 is 1.00 bits per heavy atom. The Morgan fingerprint density at radius 3 is 1.27 bits per heavy atom. The van der Waals surface area contributed by atoms with Crippen molar-refractivity contribution < 1.29 is 20.4 Å². The van der Waals surface area contributed by atoms with Crippen molar-refractivity contribution in [2.45, 2.75) is 38.5 Å². The van der Waals surface area contributed by atoms with Gasteiger partial charge in [0.05, 0.1) is 0 Å². The smallest absolute Gasteiger partial charge is 0.157 e. The van der Waals surface area contributed by atoms with Gasteiger partial charge in [0.25, 0.3) is 0 Å². The van der Waals surface area contributed by atoms with Crippen molar-refractivity contribution in [2.24, 2.45) is 0 Å². The van der Waals surface area contributed by atoms with Gasteiger partial charge in [0.1, 0.15) is 0 Å². The van der Waals surface area contributed by atoms with Gasteiger partial charge in [0.15, 0.2) is 23.0 Å². The largest absolute Gasteiger partial charge is 0.504 e. The van der Waals surface area contributed by atoms with E-state index in [1.54, 1.807) is 12.1 Å². The standard InChI is InChI=1S/C18H22O4/c1-3-13(11-5-7-15(19)17(21)9-11)14(4-2)12-6-8-16(20)18(22)10-12/h5-10,13-14,19-22H,3-4H2,1-2H3/t13-,14-/m1/s1. The van der Waals surface area contributed by atoms with E-state index in [9.17, 15) is 20.4 Å². The van der Waals surface area contributed by atoms with Crippen molar-refractivity contribution >= 4 is 0 Å². The van der Waals surface area contributed by atoms with Crippen molar-refractivity contribution in [1.29, 1.82) is 0 Å². The van der Waals surface area contributed by atoms with Crippen LogP contribution in [0.15, 0.2) is 36.4 Å². The number of hydrogen-bond acceptors (Lipinski definition) is 4. The van der Waals surface area contributed by atoms with Crippen molar-refractivity contribution in [2.75, 3.05) is 0 Å². The molecule has 0 amide bonds. The first-order chi connectivity index (χ1) is 10.5. The molecule has 0 heterocycles. The summed E-state index contributed by atoms with van der Waals surface area (Å²) in [6, 6.07) is 9.79. The summed E-state index contributed by atoms with van der Waals surface area (Å²) in [5.41, 5.74) is 1.88. The predicted octanol–water partition coefficient (Wildman–Crippen LogP) is 4.20. The van der Waals surface area contributed by atoms with Crippen LogP contribution in [-0.4, -0.2) is 20.4 Å². The molecule has 0 aliphatic carbocycles. The molecule has 0 bridgehead atoms. The van der Waals surface area contributed by atoms with Crippen LogP contribution in [0.25, 0.3) is 0 Å². The van der Waals surface area contributed by atoms with Gasteiger partial charge in [-0.25, -0.2) is 0 Å². The molecule has 0 saturated heterocycles. The molecule has 0 aliphatic heterocycles. The summed E-state index contributed by atoms with van der Waals surface area (Å²) in [5.74, 6) is -0.234. The van der Waals surface area contributed by atoms with E-state index in [0.717, 1.165) is 24.0 Å². The van der Waals surface area contributed by atoms with Crippen LogP contribution in [-0.2, 0) is 0 Å². The normalized spacial score (nSPS) is 13.7. The highest BCUT2D eigenvalue weighted by molar-refractivity contribution is 5.45. The maximum absolute atomic E-state index is 9.73. The Kier molecular flexibility index (Phi) is 4.81. The summed E-state index contributed by atoms with van der Waals surface area (Å²) in [6.45, 7) is 4.13. The summed E-state index contributed by atoms with van der Waals surface area (Å²) in [6.07, 6.45) is 1.70. The van der Waals surface area contributed by atoms with Gasteiger partial charge in [-0.1, -0.05) is 26.0 Å². The van der Waals surface area contributed by atoms with Gasteiger partial charge < -0.3 is 20.4 Å². The molecule has 0 aliphatic rings. The molecule has 0 aromatic heterocycles. The first kappa shape index (κ1) is 16.0. The van der Waals surface area contributed by atoms with Gasteiger partial charge in [-0.2, -0.15) is 0 Å². The Morgan fingerprint density at radius 1 is 0.636 bits per heavy atom. The second-order valence-corrected chi connectivity index (χ2v) is 5.53. The summed E-state index contributed by atoms with van der Waals surface area (Å²) >= 11 is 0. The van der Waals surface area contributed by atoms with Crippen molar-refractivity contribution in [3.8, 4) is 23.0 Å².